The van der Waals surface area contributed by atoms with Crippen molar-refractivity contribution in [3.8, 4) is 0 Å². The number of hydrogen-bond donors (Lipinski definition) is 0. The Balaban J connectivity index is 4.22. The molecule has 0 rings (SSSR count). The summed E-state index contributed by atoms with van der Waals surface area (Å²) in [4.78, 5) is 42.2. The molecule has 47 heavy (non-hydrogen) atoms. The minimum atomic E-state index is -0.317. The molecule has 5 heteroatoms. The average Bonchev–Trinajstić information content (AvgIpc) is 3.04. The lowest BCUT2D eigenvalue weighted by Gasteiger charge is -2.20. The third kappa shape index (κ3) is 31.3. The van der Waals surface area contributed by atoms with Crippen LogP contribution in [0.5, 0.6) is 0 Å². The summed E-state index contributed by atoms with van der Waals surface area (Å²) in [5, 5.41) is 0. The molecule has 0 radical (unpaired) electrons. The highest BCUT2D eigenvalue weighted by atomic mass is 16.2. The van der Waals surface area contributed by atoms with Crippen molar-refractivity contribution in [3.05, 3.63) is 24.3 Å². The van der Waals surface area contributed by atoms with Crippen molar-refractivity contribution in [2.45, 2.75) is 206 Å². The number of amides is 3. The Kier molecular flexibility index (Phi) is 34.2. The van der Waals surface area contributed by atoms with Crippen LogP contribution in [0.25, 0.3) is 0 Å². The molecule has 0 saturated heterocycles. The minimum absolute atomic E-state index is 0.244. The van der Waals surface area contributed by atoms with Gasteiger partial charge in [-0.15, -0.1) is 0 Å². The second kappa shape index (κ2) is 35.6. The monoisotopic (exact) mass is 659 g/mol. The smallest absolute Gasteiger partial charge is 0.236 e. The molecule has 0 aromatic rings. The maximum Gasteiger partial charge on any atom is 0.236 e. The lowest BCUT2D eigenvalue weighted by atomic mass is 10.1. The number of allylic oxidation sites excluding steroid dienone is 4. The van der Waals surface area contributed by atoms with Crippen LogP contribution in [0.2, 0.25) is 0 Å². The molecule has 0 aromatic carbocycles. The van der Waals surface area contributed by atoms with Crippen molar-refractivity contribution in [1.29, 1.82) is 0 Å². The second-order valence-electron chi connectivity index (χ2n) is 14.1. The van der Waals surface area contributed by atoms with Gasteiger partial charge in [0.2, 0.25) is 17.7 Å². The standard InChI is InChI=1S/C42H78N2O3/c1-5-7-9-11-13-15-17-19-21-23-25-27-29-31-33-36-40(45)44(42(47)38-35-39-43(3)4)41(46)37-34-32-30-28-26-24-22-20-18-16-14-12-10-8-6-2/h19-22H,5-18,23-39H2,1-4H3/b21-19-,22-20-. The third-order valence-electron chi connectivity index (χ3n) is 9.05. The molecule has 0 bridgehead atoms. The van der Waals surface area contributed by atoms with Gasteiger partial charge in [-0.2, -0.15) is 0 Å². The molecule has 5 nitrogen and oxygen atoms in total. The van der Waals surface area contributed by atoms with Crippen LogP contribution in [-0.2, 0) is 14.4 Å². The van der Waals surface area contributed by atoms with Gasteiger partial charge < -0.3 is 4.90 Å². The molecule has 274 valence electrons. The Morgan fingerprint density at radius 2 is 0.660 bits per heavy atom. The number of carbonyl (C=O) groups is 3. The Bertz CT molecular complexity index is 737. The van der Waals surface area contributed by atoms with E-state index >= 15 is 0 Å². The van der Waals surface area contributed by atoms with E-state index in [1.165, 1.54) is 103 Å². The molecule has 0 unspecified atom stereocenters. The lowest BCUT2D eigenvalue weighted by Crippen LogP contribution is -2.41. The van der Waals surface area contributed by atoms with Crippen molar-refractivity contribution >= 4 is 17.7 Å². The van der Waals surface area contributed by atoms with Crippen LogP contribution in [-0.4, -0.2) is 48.2 Å². The topological polar surface area (TPSA) is 57.7 Å². The summed E-state index contributed by atoms with van der Waals surface area (Å²) in [6, 6.07) is 0. The molecule has 0 saturated carbocycles. The third-order valence-corrected chi connectivity index (χ3v) is 9.05. The molecule has 0 aliphatic carbocycles. The molecule has 0 N–H and O–H groups in total. The average molecular weight is 659 g/mol. The van der Waals surface area contributed by atoms with Crippen molar-refractivity contribution in [2.24, 2.45) is 0 Å². The van der Waals surface area contributed by atoms with E-state index in [2.05, 4.69) is 38.2 Å². The number of hydrogen-bond acceptors (Lipinski definition) is 4. The fourth-order valence-corrected chi connectivity index (χ4v) is 5.99. The highest BCUT2D eigenvalue weighted by Crippen LogP contribution is 2.15. The van der Waals surface area contributed by atoms with Crippen LogP contribution in [0, 0.1) is 0 Å². The van der Waals surface area contributed by atoms with Gasteiger partial charge in [0, 0.05) is 19.3 Å². The lowest BCUT2D eigenvalue weighted by molar-refractivity contribution is -0.154. The maximum absolute atomic E-state index is 13.1. The van der Waals surface area contributed by atoms with Crippen LogP contribution in [0.3, 0.4) is 0 Å². The summed E-state index contributed by atoms with van der Waals surface area (Å²) in [6.45, 7) is 5.29. The molecular weight excluding hydrogens is 580 g/mol. The van der Waals surface area contributed by atoms with Gasteiger partial charge in [0.05, 0.1) is 0 Å². The zero-order valence-electron chi connectivity index (χ0n) is 31.8. The summed E-state index contributed by atoms with van der Waals surface area (Å²) in [5.41, 5.74) is 0. The Labute approximate surface area is 292 Å². The number of nitrogens with zero attached hydrogens (tertiary/aromatic N) is 2. The van der Waals surface area contributed by atoms with Crippen LogP contribution >= 0.6 is 0 Å². The minimum Gasteiger partial charge on any atom is -0.309 e. The second-order valence-corrected chi connectivity index (χ2v) is 14.1. The predicted octanol–water partition coefficient (Wildman–Crippen LogP) is 12.3. The molecule has 0 aromatic heterocycles. The molecule has 0 aliphatic rings. The van der Waals surface area contributed by atoms with E-state index in [4.69, 9.17) is 0 Å². The summed E-state index contributed by atoms with van der Waals surface area (Å²) < 4.78 is 0. The highest BCUT2D eigenvalue weighted by molar-refractivity contribution is 6.10. The summed E-state index contributed by atoms with van der Waals surface area (Å²) in [7, 11) is 3.94. The summed E-state index contributed by atoms with van der Waals surface area (Å²) in [5.74, 6) is -0.909. The van der Waals surface area contributed by atoms with E-state index in [-0.39, 0.29) is 37.0 Å². The molecular formula is C42H78N2O3. The van der Waals surface area contributed by atoms with E-state index in [1.807, 2.05) is 19.0 Å². The molecule has 0 fully saturated rings. The van der Waals surface area contributed by atoms with Gasteiger partial charge in [-0.25, -0.2) is 4.90 Å². The first-order valence-corrected chi connectivity index (χ1v) is 20.3. The Morgan fingerprint density at radius 3 is 0.979 bits per heavy atom. The van der Waals surface area contributed by atoms with Gasteiger partial charge in [0.1, 0.15) is 0 Å². The van der Waals surface area contributed by atoms with Gasteiger partial charge in [0.25, 0.3) is 0 Å². The largest absolute Gasteiger partial charge is 0.309 e. The first-order valence-electron chi connectivity index (χ1n) is 20.3. The van der Waals surface area contributed by atoms with Crippen molar-refractivity contribution in [2.75, 3.05) is 20.6 Å². The molecule has 0 atom stereocenters. The number of rotatable bonds is 34. The highest BCUT2D eigenvalue weighted by Gasteiger charge is 2.27. The molecule has 0 heterocycles. The molecule has 0 aliphatic heterocycles. The molecule has 3 amide bonds. The van der Waals surface area contributed by atoms with Crippen LogP contribution in [0.15, 0.2) is 24.3 Å². The first-order chi connectivity index (χ1) is 22.9. The fourth-order valence-electron chi connectivity index (χ4n) is 5.99. The Hall–Kier alpha value is -1.75. The first kappa shape index (κ1) is 45.2. The van der Waals surface area contributed by atoms with Crippen LogP contribution in [0.4, 0.5) is 0 Å². The summed E-state index contributed by atoms with van der Waals surface area (Å²) in [6.07, 6.45) is 42.0. The van der Waals surface area contributed by atoms with Crippen LogP contribution in [0.1, 0.15) is 206 Å². The number of carbonyl (C=O) groups excluding carboxylic acids is 3. The van der Waals surface area contributed by atoms with E-state index in [9.17, 15) is 14.4 Å². The van der Waals surface area contributed by atoms with E-state index in [0.717, 1.165) is 75.7 Å². The van der Waals surface area contributed by atoms with Gasteiger partial charge >= 0.3 is 0 Å². The Morgan fingerprint density at radius 1 is 0.383 bits per heavy atom. The number of unbranched alkanes of at least 4 members (excludes halogenated alkanes) is 22. The van der Waals surface area contributed by atoms with Gasteiger partial charge in [-0.1, -0.05) is 141 Å². The van der Waals surface area contributed by atoms with Gasteiger partial charge in [-0.05, 0) is 91.3 Å². The maximum atomic E-state index is 13.1. The van der Waals surface area contributed by atoms with Crippen molar-refractivity contribution < 1.29 is 14.4 Å². The molecule has 0 spiro atoms. The zero-order valence-corrected chi connectivity index (χ0v) is 31.8. The normalized spacial score (nSPS) is 11.8. The van der Waals surface area contributed by atoms with Crippen molar-refractivity contribution in [1.82, 2.24) is 9.80 Å². The van der Waals surface area contributed by atoms with Crippen molar-refractivity contribution in [3.63, 3.8) is 0 Å². The number of imide groups is 3. The van der Waals surface area contributed by atoms with Gasteiger partial charge in [0.15, 0.2) is 0 Å². The van der Waals surface area contributed by atoms with Gasteiger partial charge in [-0.3, -0.25) is 14.4 Å². The SMILES string of the molecule is CCCCCCCC/C=C\CCCCCCCC(=O)N(C(=O)CCCCCCC/C=C\CCCCCCCC)C(=O)CCCN(C)C. The van der Waals surface area contributed by atoms with E-state index < -0.39 is 0 Å². The summed E-state index contributed by atoms with van der Waals surface area (Å²) >= 11 is 0. The van der Waals surface area contributed by atoms with Crippen LogP contribution < -0.4 is 0 Å². The predicted molar refractivity (Wildman–Crippen MR) is 204 cm³/mol. The fraction of sp³-hybridized carbons (Fsp3) is 0.833. The van der Waals surface area contributed by atoms with E-state index in [1.54, 1.807) is 0 Å². The zero-order chi connectivity index (χ0) is 34.6. The quantitative estimate of drug-likeness (QED) is 0.0510. The van der Waals surface area contributed by atoms with E-state index in [0.29, 0.717) is 6.42 Å².